The van der Waals surface area contributed by atoms with Gasteiger partial charge in [-0.2, -0.15) is 4.57 Å². The first-order valence-corrected chi connectivity index (χ1v) is 15.2. The number of nitrogens with one attached hydrogen (secondary N) is 2. The van der Waals surface area contributed by atoms with Crippen LogP contribution in [-0.4, -0.2) is 34.0 Å². The van der Waals surface area contributed by atoms with Crippen molar-refractivity contribution >= 4 is 38.2 Å². The number of ether oxygens (including phenoxy) is 1. The fourth-order valence-electron chi connectivity index (χ4n) is 5.03. The maximum Gasteiger partial charge on any atom is 0.359 e. The number of halogens is 1. The molecule has 0 spiro atoms. The van der Waals surface area contributed by atoms with Gasteiger partial charge < -0.3 is 10.1 Å². The number of rotatable bonds is 13. The molecule has 41 heavy (non-hydrogen) atoms. The molecule has 1 aromatic heterocycles. The van der Waals surface area contributed by atoms with E-state index in [2.05, 4.69) is 22.8 Å². The van der Waals surface area contributed by atoms with E-state index in [0.717, 1.165) is 71.9 Å². The monoisotopic (exact) mass is 661 g/mol. The zero-order valence-corrected chi connectivity index (χ0v) is 25.0. The van der Waals surface area contributed by atoms with Crippen molar-refractivity contribution in [2.45, 2.75) is 44.6 Å². The molecule has 1 unspecified atom stereocenters. The SMILES string of the molecule is O=C(I)NCCCCCCOc1cccc(CC2Nc3c(Cc4ccccc4)nc(-c4ccccc4)c[n+]3C2=O)c1. The molecule has 2 N–H and O–H groups in total. The highest BCUT2D eigenvalue weighted by Crippen LogP contribution is 2.25. The van der Waals surface area contributed by atoms with Crippen molar-refractivity contribution < 1.29 is 18.9 Å². The van der Waals surface area contributed by atoms with Crippen LogP contribution in [0, 0.1) is 0 Å². The second-order valence-electron chi connectivity index (χ2n) is 10.2. The van der Waals surface area contributed by atoms with Crippen LogP contribution in [0.2, 0.25) is 0 Å². The number of benzene rings is 3. The average Bonchev–Trinajstić information content (AvgIpc) is 3.30. The van der Waals surface area contributed by atoms with Crippen LogP contribution in [0.15, 0.2) is 91.1 Å². The quantitative estimate of drug-likeness (QED) is 0.0571. The van der Waals surface area contributed by atoms with Crippen LogP contribution in [0.3, 0.4) is 0 Å². The third-order valence-corrected chi connectivity index (χ3v) is 7.47. The fraction of sp³-hybridized carbons (Fsp3) is 0.273. The summed E-state index contributed by atoms with van der Waals surface area (Å²) in [6, 6.07) is 27.8. The lowest BCUT2D eigenvalue weighted by molar-refractivity contribution is -0.552. The van der Waals surface area contributed by atoms with Gasteiger partial charge in [0.2, 0.25) is 0 Å². The van der Waals surface area contributed by atoms with Crippen LogP contribution in [0.25, 0.3) is 11.3 Å². The predicted molar refractivity (Wildman–Crippen MR) is 169 cm³/mol. The number of fused-ring (bicyclic) bond motifs is 1. The highest BCUT2D eigenvalue weighted by Gasteiger charge is 2.41. The summed E-state index contributed by atoms with van der Waals surface area (Å²) in [4.78, 5) is 29.6. The van der Waals surface area contributed by atoms with Crippen molar-refractivity contribution in [3.05, 3.63) is 108 Å². The first-order valence-electron chi connectivity index (χ1n) is 14.1. The first kappa shape index (κ1) is 28.7. The minimum atomic E-state index is -0.393. The third-order valence-electron chi connectivity index (χ3n) is 7.09. The van der Waals surface area contributed by atoms with Gasteiger partial charge in [-0.15, -0.1) is 0 Å². The molecule has 1 aliphatic rings. The summed E-state index contributed by atoms with van der Waals surface area (Å²) in [6.45, 7) is 1.36. The molecule has 1 amide bonds. The van der Waals surface area contributed by atoms with Gasteiger partial charge in [0, 0.05) is 47.5 Å². The summed E-state index contributed by atoms with van der Waals surface area (Å²) < 4.78 is 7.73. The molecular weight excluding hydrogens is 627 g/mol. The summed E-state index contributed by atoms with van der Waals surface area (Å²) >= 11 is 1.75. The standard InChI is InChI=1S/C33H33IN4O3/c34-33(40)35-18-9-1-2-10-19-41-27-17-11-14-25(20-27)22-29-32(39)38-23-30(26-15-7-4-8-16-26)36-28(31(38)37-29)21-24-12-5-3-6-13-24/h3-8,11-17,20,23,29H,1-2,9-10,18-19,21-22H2,(H,35,40)/p+1. The largest absolute Gasteiger partial charge is 0.494 e. The molecule has 4 aromatic rings. The van der Waals surface area contributed by atoms with Gasteiger partial charge in [-0.1, -0.05) is 85.6 Å². The number of aromatic nitrogens is 2. The van der Waals surface area contributed by atoms with Gasteiger partial charge in [-0.3, -0.25) is 10.1 Å². The Bertz CT molecular complexity index is 1480. The summed E-state index contributed by atoms with van der Waals surface area (Å²) in [7, 11) is 0. The molecule has 5 rings (SSSR count). The number of anilines is 1. The highest BCUT2D eigenvalue weighted by molar-refractivity contribution is 14.1. The third kappa shape index (κ3) is 7.91. The molecule has 7 nitrogen and oxygen atoms in total. The lowest BCUT2D eigenvalue weighted by Crippen LogP contribution is -2.44. The van der Waals surface area contributed by atoms with Crippen molar-refractivity contribution in [2.75, 3.05) is 18.5 Å². The molecule has 1 aliphatic heterocycles. The predicted octanol–water partition coefficient (Wildman–Crippen LogP) is 6.39. The maximum atomic E-state index is 13.6. The minimum Gasteiger partial charge on any atom is -0.494 e. The van der Waals surface area contributed by atoms with Gasteiger partial charge >= 0.3 is 11.7 Å². The highest BCUT2D eigenvalue weighted by atomic mass is 127. The van der Waals surface area contributed by atoms with Gasteiger partial charge in [-0.25, -0.2) is 9.78 Å². The molecule has 1 atom stereocenters. The molecule has 2 heterocycles. The van der Waals surface area contributed by atoms with E-state index in [9.17, 15) is 9.59 Å². The Labute approximate surface area is 254 Å². The number of amides is 1. The van der Waals surface area contributed by atoms with E-state index in [4.69, 9.17) is 9.72 Å². The summed E-state index contributed by atoms with van der Waals surface area (Å²) in [5.74, 6) is 1.58. The van der Waals surface area contributed by atoms with E-state index < -0.39 is 6.04 Å². The lowest BCUT2D eigenvalue weighted by atomic mass is 10.1. The second-order valence-corrected chi connectivity index (χ2v) is 11.1. The zero-order valence-electron chi connectivity index (χ0n) is 22.9. The smallest absolute Gasteiger partial charge is 0.359 e. The molecule has 0 saturated carbocycles. The topological polar surface area (TPSA) is 84.2 Å². The van der Waals surface area contributed by atoms with Gasteiger partial charge in [0.1, 0.15) is 23.3 Å². The molecule has 0 radical (unpaired) electrons. The average molecular weight is 662 g/mol. The van der Waals surface area contributed by atoms with E-state index in [1.807, 2.05) is 79.0 Å². The fourth-order valence-corrected chi connectivity index (χ4v) is 5.30. The molecular formula is C33H34IN4O3+. The van der Waals surface area contributed by atoms with E-state index in [-0.39, 0.29) is 9.82 Å². The molecule has 0 bridgehead atoms. The van der Waals surface area contributed by atoms with Crippen molar-refractivity contribution in [2.24, 2.45) is 0 Å². The van der Waals surface area contributed by atoms with Crippen LogP contribution in [-0.2, 0) is 12.8 Å². The zero-order chi connectivity index (χ0) is 28.4. The Morgan fingerprint density at radius 2 is 1.66 bits per heavy atom. The number of hydrogen-bond acceptors (Lipinski definition) is 5. The lowest BCUT2D eigenvalue weighted by Gasteiger charge is -2.09. The number of nitrogens with zero attached hydrogens (tertiary/aromatic N) is 2. The normalized spacial score (nSPS) is 13.9. The van der Waals surface area contributed by atoms with E-state index in [1.54, 1.807) is 27.2 Å². The summed E-state index contributed by atoms with van der Waals surface area (Å²) in [5, 5.41) is 6.30. The number of carbonyl (C=O) groups is 2. The molecule has 0 aliphatic carbocycles. The number of unbranched alkanes of at least 4 members (excludes halogenated alkanes) is 3. The van der Waals surface area contributed by atoms with Gasteiger partial charge in [0.25, 0.3) is 3.91 Å². The maximum absolute atomic E-state index is 13.6. The van der Waals surface area contributed by atoms with Gasteiger partial charge in [-0.05, 0) is 36.1 Å². The molecule has 210 valence electrons. The van der Waals surface area contributed by atoms with E-state index >= 15 is 0 Å². The van der Waals surface area contributed by atoms with E-state index in [0.29, 0.717) is 19.4 Å². The number of hydrogen-bond donors (Lipinski definition) is 2. The van der Waals surface area contributed by atoms with Gasteiger partial charge in [0.05, 0.1) is 6.61 Å². The summed E-state index contributed by atoms with van der Waals surface area (Å²) in [6.07, 6.45) is 7.06. The first-order chi connectivity index (χ1) is 20.1. The molecule has 3 aromatic carbocycles. The Morgan fingerprint density at radius 1 is 0.927 bits per heavy atom. The van der Waals surface area contributed by atoms with Crippen LogP contribution >= 0.6 is 22.6 Å². The van der Waals surface area contributed by atoms with Crippen LogP contribution in [0.4, 0.5) is 10.6 Å². The van der Waals surface area contributed by atoms with Crippen molar-refractivity contribution in [1.29, 1.82) is 0 Å². The molecule has 0 saturated heterocycles. The second kappa shape index (κ2) is 14.2. The van der Waals surface area contributed by atoms with Crippen LogP contribution in [0.1, 0.15) is 47.3 Å². The Hall–Kier alpha value is -3.79. The van der Waals surface area contributed by atoms with Crippen molar-refractivity contribution in [1.82, 2.24) is 10.3 Å². The van der Waals surface area contributed by atoms with E-state index in [1.165, 1.54) is 0 Å². The van der Waals surface area contributed by atoms with Gasteiger partial charge in [0.15, 0.2) is 6.04 Å². The Balaban J connectivity index is 1.25. The minimum absolute atomic E-state index is 0.0102. The van der Waals surface area contributed by atoms with Crippen molar-refractivity contribution in [3.63, 3.8) is 0 Å². The number of carbonyl (C=O) groups excluding carboxylic acids is 2. The van der Waals surface area contributed by atoms with Crippen LogP contribution in [0.5, 0.6) is 5.75 Å². The Morgan fingerprint density at radius 3 is 2.44 bits per heavy atom. The van der Waals surface area contributed by atoms with Crippen LogP contribution < -0.4 is 19.9 Å². The molecule has 8 heteroatoms. The van der Waals surface area contributed by atoms with Crippen molar-refractivity contribution in [3.8, 4) is 17.0 Å². The Kier molecular flexibility index (Phi) is 9.96. The summed E-state index contributed by atoms with van der Waals surface area (Å²) in [5.41, 5.74) is 4.79. The molecule has 0 fully saturated rings.